The van der Waals surface area contributed by atoms with E-state index in [2.05, 4.69) is 26.8 Å². The maximum atomic E-state index is 13.4. The molecule has 2 aromatic rings. The molecular formula is C13H9BrF2N2O. The highest BCUT2D eigenvalue weighted by Crippen LogP contribution is 2.20. The number of halogens is 3. The van der Waals surface area contributed by atoms with Crippen LogP contribution in [-0.2, 0) is 0 Å². The molecule has 1 amide bonds. The largest absolute Gasteiger partial charge is 0.297 e. The van der Waals surface area contributed by atoms with E-state index < -0.39 is 23.1 Å². The summed E-state index contributed by atoms with van der Waals surface area (Å²) in [6.45, 7) is 0. The van der Waals surface area contributed by atoms with Gasteiger partial charge < -0.3 is 0 Å². The molecule has 0 spiro atoms. The maximum Gasteiger partial charge on any atom is 0.275 e. The molecule has 0 unspecified atom stereocenters. The standard InChI is InChI=1S/C13H9BrF2N2O/c14-8-4-1-2-7-11(8)17-18-13(19)12-9(15)5-3-6-10(12)16/h1-7,17H,(H,18,19). The molecule has 0 aliphatic heterocycles. The molecule has 3 nitrogen and oxygen atoms in total. The average Bonchev–Trinajstić information content (AvgIpc) is 2.37. The first-order valence-electron chi connectivity index (χ1n) is 5.34. The fourth-order valence-electron chi connectivity index (χ4n) is 1.46. The second-order valence-electron chi connectivity index (χ2n) is 3.66. The zero-order valence-electron chi connectivity index (χ0n) is 9.58. The number of anilines is 1. The number of carbonyl (C=O) groups excluding carboxylic acids is 1. The van der Waals surface area contributed by atoms with Crippen molar-refractivity contribution >= 4 is 27.5 Å². The molecule has 0 radical (unpaired) electrons. The van der Waals surface area contributed by atoms with Gasteiger partial charge in [-0.15, -0.1) is 0 Å². The number of para-hydroxylation sites is 1. The van der Waals surface area contributed by atoms with Gasteiger partial charge in [0.25, 0.3) is 5.91 Å². The summed E-state index contributed by atoms with van der Waals surface area (Å²) in [7, 11) is 0. The van der Waals surface area contributed by atoms with Crippen LogP contribution in [-0.4, -0.2) is 5.91 Å². The van der Waals surface area contributed by atoms with E-state index in [0.29, 0.717) is 10.2 Å². The van der Waals surface area contributed by atoms with Crippen molar-refractivity contribution in [3.8, 4) is 0 Å². The summed E-state index contributed by atoms with van der Waals surface area (Å²) in [6, 6.07) is 10.3. The molecule has 98 valence electrons. The SMILES string of the molecule is O=C(NNc1ccccc1Br)c1c(F)cccc1F. The summed E-state index contributed by atoms with van der Waals surface area (Å²) in [6.07, 6.45) is 0. The Bertz CT molecular complexity index is 599. The summed E-state index contributed by atoms with van der Waals surface area (Å²) in [5, 5.41) is 0. The molecule has 2 aromatic carbocycles. The van der Waals surface area contributed by atoms with Gasteiger partial charge in [-0.2, -0.15) is 0 Å². The normalized spacial score (nSPS) is 10.1. The van der Waals surface area contributed by atoms with Gasteiger partial charge in [-0.05, 0) is 40.2 Å². The van der Waals surface area contributed by atoms with Crippen molar-refractivity contribution in [2.45, 2.75) is 0 Å². The van der Waals surface area contributed by atoms with Crippen molar-refractivity contribution in [2.75, 3.05) is 5.43 Å². The number of amides is 1. The smallest absolute Gasteiger partial charge is 0.275 e. The van der Waals surface area contributed by atoms with E-state index in [9.17, 15) is 13.6 Å². The molecule has 2 rings (SSSR count). The van der Waals surface area contributed by atoms with Gasteiger partial charge in [-0.1, -0.05) is 18.2 Å². The van der Waals surface area contributed by atoms with Gasteiger partial charge >= 0.3 is 0 Å². The van der Waals surface area contributed by atoms with Crippen molar-refractivity contribution in [1.82, 2.24) is 5.43 Å². The Balaban J connectivity index is 2.13. The Morgan fingerprint density at radius 3 is 2.26 bits per heavy atom. The Labute approximate surface area is 116 Å². The van der Waals surface area contributed by atoms with Crippen LogP contribution in [0.3, 0.4) is 0 Å². The maximum absolute atomic E-state index is 13.4. The van der Waals surface area contributed by atoms with Gasteiger partial charge in [0.1, 0.15) is 17.2 Å². The molecule has 0 bridgehead atoms. The second-order valence-corrected chi connectivity index (χ2v) is 4.51. The minimum Gasteiger partial charge on any atom is -0.297 e. The van der Waals surface area contributed by atoms with Crippen molar-refractivity contribution in [3.05, 3.63) is 64.1 Å². The third-order valence-corrected chi connectivity index (χ3v) is 3.07. The number of benzene rings is 2. The summed E-state index contributed by atoms with van der Waals surface area (Å²) >= 11 is 3.27. The van der Waals surface area contributed by atoms with Crippen molar-refractivity contribution < 1.29 is 13.6 Å². The van der Waals surface area contributed by atoms with Gasteiger partial charge in [0, 0.05) is 4.47 Å². The molecule has 0 atom stereocenters. The Morgan fingerprint density at radius 2 is 1.63 bits per heavy atom. The van der Waals surface area contributed by atoms with Crippen LogP contribution in [0.2, 0.25) is 0 Å². The van der Waals surface area contributed by atoms with E-state index in [0.717, 1.165) is 12.1 Å². The monoisotopic (exact) mass is 326 g/mol. The van der Waals surface area contributed by atoms with Crippen LogP contribution in [0.1, 0.15) is 10.4 Å². The second kappa shape index (κ2) is 5.79. The first kappa shape index (κ1) is 13.5. The van der Waals surface area contributed by atoms with E-state index in [1.54, 1.807) is 24.3 Å². The van der Waals surface area contributed by atoms with E-state index in [-0.39, 0.29) is 0 Å². The van der Waals surface area contributed by atoms with Gasteiger partial charge in [0.05, 0.1) is 5.69 Å². The lowest BCUT2D eigenvalue weighted by atomic mass is 10.2. The zero-order chi connectivity index (χ0) is 13.8. The first-order valence-corrected chi connectivity index (χ1v) is 6.14. The Hall–Kier alpha value is -1.95. The van der Waals surface area contributed by atoms with Gasteiger partial charge in [0.15, 0.2) is 0 Å². The number of hydrogen-bond acceptors (Lipinski definition) is 2. The molecule has 0 fully saturated rings. The predicted molar refractivity (Wildman–Crippen MR) is 71.6 cm³/mol. The molecule has 0 heterocycles. The fraction of sp³-hybridized carbons (Fsp3) is 0. The summed E-state index contributed by atoms with van der Waals surface area (Å²) in [4.78, 5) is 11.7. The Morgan fingerprint density at radius 1 is 1.00 bits per heavy atom. The first-order chi connectivity index (χ1) is 9.09. The van der Waals surface area contributed by atoms with Crippen LogP contribution in [0.5, 0.6) is 0 Å². The lowest BCUT2D eigenvalue weighted by Crippen LogP contribution is -2.31. The lowest BCUT2D eigenvalue weighted by Gasteiger charge is -2.10. The predicted octanol–water partition coefficient (Wildman–Crippen LogP) is 3.48. The highest BCUT2D eigenvalue weighted by molar-refractivity contribution is 9.10. The molecule has 0 saturated heterocycles. The number of nitrogens with one attached hydrogen (secondary N) is 2. The van der Waals surface area contributed by atoms with Crippen LogP contribution in [0.25, 0.3) is 0 Å². The highest BCUT2D eigenvalue weighted by Gasteiger charge is 2.16. The number of hydrazine groups is 1. The third kappa shape index (κ3) is 3.08. The van der Waals surface area contributed by atoms with Crippen LogP contribution in [0.4, 0.5) is 14.5 Å². The third-order valence-electron chi connectivity index (χ3n) is 2.37. The molecule has 19 heavy (non-hydrogen) atoms. The molecule has 0 aliphatic rings. The van der Waals surface area contributed by atoms with E-state index in [1.165, 1.54) is 6.07 Å². The van der Waals surface area contributed by atoms with Gasteiger partial charge in [0.2, 0.25) is 0 Å². The molecule has 0 aliphatic carbocycles. The van der Waals surface area contributed by atoms with E-state index in [1.807, 2.05) is 0 Å². The minimum atomic E-state index is -0.911. The number of hydrogen-bond donors (Lipinski definition) is 2. The topological polar surface area (TPSA) is 41.1 Å². The van der Waals surface area contributed by atoms with Gasteiger partial charge in [-0.25, -0.2) is 8.78 Å². The Kier molecular flexibility index (Phi) is 4.11. The van der Waals surface area contributed by atoms with Crippen LogP contribution < -0.4 is 10.9 Å². The van der Waals surface area contributed by atoms with Gasteiger partial charge in [-0.3, -0.25) is 15.6 Å². The molecule has 2 N–H and O–H groups in total. The fourth-order valence-corrected chi connectivity index (χ4v) is 1.85. The minimum absolute atomic E-state index is 0.576. The summed E-state index contributed by atoms with van der Waals surface area (Å²) in [5.74, 6) is -2.70. The van der Waals surface area contributed by atoms with Crippen molar-refractivity contribution in [3.63, 3.8) is 0 Å². The summed E-state index contributed by atoms with van der Waals surface area (Å²) in [5.41, 5.74) is 4.78. The molecule has 0 saturated carbocycles. The van der Waals surface area contributed by atoms with Crippen LogP contribution in [0, 0.1) is 11.6 Å². The van der Waals surface area contributed by atoms with Crippen LogP contribution >= 0.6 is 15.9 Å². The van der Waals surface area contributed by atoms with E-state index in [4.69, 9.17) is 0 Å². The molecule has 0 aromatic heterocycles. The summed E-state index contributed by atoms with van der Waals surface area (Å²) < 4.78 is 27.4. The van der Waals surface area contributed by atoms with Crippen LogP contribution in [0.15, 0.2) is 46.9 Å². The van der Waals surface area contributed by atoms with E-state index >= 15 is 0 Å². The van der Waals surface area contributed by atoms with Crippen molar-refractivity contribution in [2.24, 2.45) is 0 Å². The molecule has 6 heteroatoms. The number of rotatable bonds is 3. The van der Waals surface area contributed by atoms with Crippen molar-refractivity contribution in [1.29, 1.82) is 0 Å². The average molecular weight is 327 g/mol. The highest BCUT2D eigenvalue weighted by atomic mass is 79.9. The lowest BCUT2D eigenvalue weighted by molar-refractivity contribution is 0.0954. The zero-order valence-corrected chi connectivity index (χ0v) is 11.2. The quantitative estimate of drug-likeness (QED) is 0.848. The number of carbonyl (C=O) groups is 1. The molecular weight excluding hydrogens is 318 g/mol.